The number of likely N-dealkylation sites (N-methyl/N-ethyl adjacent to an activating group) is 1. The molecule has 1 atom stereocenters. The van der Waals surface area contributed by atoms with Gasteiger partial charge in [-0.2, -0.15) is 4.98 Å². The number of carbonyl (C=O) groups is 1. The number of aromatic amines is 1. The van der Waals surface area contributed by atoms with E-state index in [0.717, 1.165) is 29.0 Å². The van der Waals surface area contributed by atoms with Gasteiger partial charge in [0, 0.05) is 29.8 Å². The maximum atomic E-state index is 11.4. The number of carboxylic acids is 1. The number of imidazole rings is 1. The predicted molar refractivity (Wildman–Crippen MR) is 124 cm³/mol. The van der Waals surface area contributed by atoms with Crippen LogP contribution in [0.3, 0.4) is 0 Å². The molecule has 5 rings (SSSR count). The van der Waals surface area contributed by atoms with Crippen LogP contribution in [0.25, 0.3) is 6.08 Å². The van der Waals surface area contributed by atoms with Crippen LogP contribution in [0.1, 0.15) is 33.7 Å². The zero-order valence-corrected chi connectivity index (χ0v) is 18.5. The summed E-state index contributed by atoms with van der Waals surface area (Å²) in [6, 6.07) is 5.66. The quantitative estimate of drug-likeness (QED) is 0.660. The van der Waals surface area contributed by atoms with Gasteiger partial charge in [-0.3, -0.25) is 0 Å². The summed E-state index contributed by atoms with van der Waals surface area (Å²) in [6.45, 7) is 1.75. The summed E-state index contributed by atoms with van der Waals surface area (Å²) in [5.74, 6) is -0.575. The summed E-state index contributed by atoms with van der Waals surface area (Å²) in [5, 5.41) is 10.0. The summed E-state index contributed by atoms with van der Waals surface area (Å²) in [4.78, 5) is 21.4. The van der Waals surface area contributed by atoms with E-state index in [1.54, 1.807) is 19.1 Å². The molecule has 3 aliphatic rings. The van der Waals surface area contributed by atoms with Crippen molar-refractivity contribution in [1.82, 2.24) is 14.9 Å². The molecule has 0 amide bonds. The third-order valence-corrected chi connectivity index (χ3v) is 6.40. The topological polar surface area (TPSA) is 78.5 Å². The fourth-order valence-corrected chi connectivity index (χ4v) is 4.46. The highest BCUT2D eigenvalue weighted by Gasteiger charge is 2.25. The molecule has 7 heteroatoms. The van der Waals surface area contributed by atoms with Crippen LogP contribution >= 0.6 is 11.6 Å². The van der Waals surface area contributed by atoms with E-state index in [9.17, 15) is 9.90 Å². The van der Waals surface area contributed by atoms with Gasteiger partial charge in [0.05, 0.1) is 17.3 Å². The largest absolute Gasteiger partial charge is 0.478 e. The molecule has 0 fully saturated rings. The molecule has 2 aliphatic carbocycles. The molecule has 2 aromatic rings. The van der Waals surface area contributed by atoms with Crippen LogP contribution in [-0.2, 0) is 6.42 Å². The monoisotopic (exact) mass is 447 g/mol. The lowest BCUT2D eigenvalue weighted by molar-refractivity contribution is 0.0695. The molecule has 1 aliphatic heterocycles. The second-order valence-corrected chi connectivity index (χ2v) is 8.55. The van der Waals surface area contributed by atoms with Crippen molar-refractivity contribution in [3.05, 3.63) is 93.0 Å². The summed E-state index contributed by atoms with van der Waals surface area (Å²) in [7, 11) is 2.09. The summed E-state index contributed by atoms with van der Waals surface area (Å²) in [6.07, 6.45) is 14.1. The van der Waals surface area contributed by atoms with Gasteiger partial charge in [-0.15, -0.1) is 0 Å². The van der Waals surface area contributed by atoms with Gasteiger partial charge in [-0.05, 0) is 66.6 Å². The molecule has 6 nitrogen and oxygen atoms in total. The third kappa shape index (κ3) is 3.67. The van der Waals surface area contributed by atoms with E-state index < -0.39 is 5.97 Å². The number of carboxylic acid groups (broad SMARTS) is 1. The van der Waals surface area contributed by atoms with Gasteiger partial charge in [0.15, 0.2) is 0 Å². The highest BCUT2D eigenvalue weighted by atomic mass is 35.5. The molecule has 1 aromatic heterocycles. The SMILES string of the molecule is Cc1ccc(Oc2nc3c([nH]2)CC=C(Cl)C(C2=CCC4C(=C2)C=CN4C)=C3)cc1C(=O)O. The van der Waals surface area contributed by atoms with Crippen LogP contribution in [0.5, 0.6) is 11.8 Å². The zero-order valence-electron chi connectivity index (χ0n) is 17.7. The summed E-state index contributed by atoms with van der Waals surface area (Å²) in [5.41, 5.74) is 5.82. The Morgan fingerprint density at radius 2 is 2.16 bits per heavy atom. The van der Waals surface area contributed by atoms with Crippen LogP contribution in [-0.4, -0.2) is 39.0 Å². The number of hydrogen-bond acceptors (Lipinski definition) is 4. The van der Waals surface area contributed by atoms with Crippen molar-refractivity contribution < 1.29 is 14.6 Å². The molecule has 32 heavy (non-hydrogen) atoms. The number of H-pyrrole nitrogens is 1. The van der Waals surface area contributed by atoms with Crippen LogP contribution in [0.2, 0.25) is 0 Å². The second kappa shape index (κ2) is 7.88. The lowest BCUT2D eigenvalue weighted by Gasteiger charge is -2.25. The maximum absolute atomic E-state index is 11.4. The van der Waals surface area contributed by atoms with E-state index >= 15 is 0 Å². The van der Waals surface area contributed by atoms with E-state index in [0.29, 0.717) is 34.8 Å². The lowest BCUT2D eigenvalue weighted by atomic mass is 9.91. The molecular weight excluding hydrogens is 426 g/mol. The maximum Gasteiger partial charge on any atom is 0.336 e. The molecule has 0 radical (unpaired) electrons. The van der Waals surface area contributed by atoms with Crippen LogP contribution in [0, 0.1) is 6.92 Å². The van der Waals surface area contributed by atoms with Crippen LogP contribution in [0.4, 0.5) is 0 Å². The Morgan fingerprint density at radius 1 is 1.31 bits per heavy atom. The fraction of sp³-hybridized carbons (Fsp3) is 0.200. The molecule has 1 aromatic carbocycles. The van der Waals surface area contributed by atoms with Crippen LogP contribution < -0.4 is 4.74 Å². The van der Waals surface area contributed by atoms with Gasteiger partial charge < -0.3 is 19.7 Å². The van der Waals surface area contributed by atoms with E-state index in [1.807, 2.05) is 12.2 Å². The van der Waals surface area contributed by atoms with Gasteiger partial charge in [0.25, 0.3) is 6.01 Å². The van der Waals surface area contributed by atoms with E-state index in [2.05, 4.69) is 46.3 Å². The number of halogens is 1. The molecule has 0 bridgehead atoms. The highest BCUT2D eigenvalue weighted by molar-refractivity contribution is 6.33. The molecular formula is C25H22ClN3O3. The van der Waals surface area contributed by atoms with Gasteiger partial charge >= 0.3 is 5.97 Å². The number of benzene rings is 1. The first-order valence-electron chi connectivity index (χ1n) is 10.4. The Hall–Kier alpha value is -3.51. The van der Waals surface area contributed by atoms with Gasteiger partial charge in [-0.1, -0.05) is 29.8 Å². The molecule has 0 saturated carbocycles. The first-order chi connectivity index (χ1) is 15.4. The van der Waals surface area contributed by atoms with Crippen molar-refractivity contribution in [3.8, 4) is 11.8 Å². The number of nitrogens with zero attached hydrogens (tertiary/aromatic N) is 2. The number of hydrogen-bond donors (Lipinski definition) is 2. The normalized spacial score (nSPS) is 19.3. The van der Waals surface area contributed by atoms with E-state index in [1.165, 1.54) is 11.6 Å². The van der Waals surface area contributed by atoms with E-state index in [4.69, 9.17) is 16.3 Å². The molecule has 1 unspecified atom stereocenters. The molecule has 2 N–H and O–H groups in total. The number of aryl methyl sites for hydroxylation is 1. The minimum absolute atomic E-state index is 0.203. The number of ether oxygens (including phenoxy) is 1. The Bertz CT molecular complexity index is 1280. The number of allylic oxidation sites excluding steroid dienone is 5. The second-order valence-electron chi connectivity index (χ2n) is 8.14. The summed E-state index contributed by atoms with van der Waals surface area (Å²) < 4.78 is 5.84. The Morgan fingerprint density at radius 3 is 2.97 bits per heavy atom. The zero-order chi connectivity index (χ0) is 22.4. The van der Waals surface area contributed by atoms with Crippen molar-refractivity contribution in [1.29, 1.82) is 0 Å². The average molecular weight is 448 g/mol. The van der Waals surface area contributed by atoms with Gasteiger partial charge in [0.2, 0.25) is 0 Å². The van der Waals surface area contributed by atoms with Crippen molar-refractivity contribution in [3.63, 3.8) is 0 Å². The number of aromatic nitrogens is 2. The van der Waals surface area contributed by atoms with Crippen molar-refractivity contribution in [2.24, 2.45) is 0 Å². The average Bonchev–Trinajstić information content (AvgIpc) is 3.29. The van der Waals surface area contributed by atoms with Gasteiger partial charge in [-0.25, -0.2) is 4.79 Å². The molecule has 0 spiro atoms. The Labute approximate surface area is 190 Å². The van der Waals surface area contributed by atoms with E-state index in [-0.39, 0.29) is 5.56 Å². The first-order valence-corrected chi connectivity index (χ1v) is 10.8. The van der Waals surface area contributed by atoms with Crippen LogP contribution in [0.15, 0.2) is 70.5 Å². The fourth-order valence-electron chi connectivity index (χ4n) is 4.22. The molecule has 162 valence electrons. The predicted octanol–water partition coefficient (Wildman–Crippen LogP) is 5.36. The summed E-state index contributed by atoms with van der Waals surface area (Å²) >= 11 is 6.64. The smallest absolute Gasteiger partial charge is 0.336 e. The minimum atomic E-state index is -0.990. The van der Waals surface area contributed by atoms with Crippen molar-refractivity contribution >= 4 is 23.6 Å². The highest BCUT2D eigenvalue weighted by Crippen LogP contribution is 2.37. The number of fused-ring (bicyclic) bond motifs is 2. The molecule has 0 saturated heterocycles. The van der Waals surface area contributed by atoms with Crippen molar-refractivity contribution in [2.75, 3.05) is 7.05 Å². The first kappa shape index (κ1) is 20.4. The van der Waals surface area contributed by atoms with Gasteiger partial charge in [0.1, 0.15) is 5.75 Å². The lowest BCUT2D eigenvalue weighted by Crippen LogP contribution is -2.25. The number of nitrogens with one attached hydrogen (secondary N) is 1. The Kier molecular flexibility index (Phi) is 5.02. The standard InChI is InChI=1S/C25H22ClN3O3/c1-14-3-5-17(12-18(14)24(30)31)32-25-27-21-7-6-20(26)19(13-22(21)28-25)15-4-8-23-16(11-15)9-10-29(23)2/h3-6,9-13,23H,7-8H2,1-2H3,(H,27,28)(H,30,31). The minimum Gasteiger partial charge on any atom is -0.478 e. The molecule has 2 heterocycles. The Balaban J connectivity index is 1.44. The van der Waals surface area contributed by atoms with Crippen molar-refractivity contribution in [2.45, 2.75) is 25.8 Å². The number of aromatic carboxylic acids is 1. The number of rotatable bonds is 4. The third-order valence-electron chi connectivity index (χ3n) is 6.04.